The van der Waals surface area contributed by atoms with E-state index in [1.807, 2.05) is 32.4 Å². The quantitative estimate of drug-likeness (QED) is 0.775. The topological polar surface area (TPSA) is 63.1 Å². The van der Waals surface area contributed by atoms with Gasteiger partial charge in [0.05, 0.1) is 4.90 Å². The highest BCUT2D eigenvalue weighted by Gasteiger charge is 2.21. The third-order valence-corrected chi connectivity index (χ3v) is 4.87. The summed E-state index contributed by atoms with van der Waals surface area (Å²) in [5.74, 6) is 0.461. The van der Waals surface area contributed by atoms with Gasteiger partial charge in [-0.1, -0.05) is 13.8 Å². The van der Waals surface area contributed by atoms with E-state index in [-0.39, 0.29) is 12.1 Å². The molecule has 1 atom stereocenters. The zero-order valence-electron chi connectivity index (χ0n) is 14.0. The lowest BCUT2D eigenvalue weighted by Crippen LogP contribution is -2.33. The van der Waals surface area contributed by atoms with E-state index in [0.717, 1.165) is 12.1 Å². The molecule has 0 bridgehead atoms. The molecule has 1 aromatic heterocycles. The van der Waals surface area contributed by atoms with Crippen molar-refractivity contribution in [1.82, 2.24) is 14.6 Å². The Labute approximate surface area is 129 Å². The van der Waals surface area contributed by atoms with Gasteiger partial charge in [0.15, 0.2) is 0 Å². The van der Waals surface area contributed by atoms with Gasteiger partial charge in [-0.25, -0.2) is 13.1 Å². The van der Waals surface area contributed by atoms with Crippen molar-refractivity contribution >= 4 is 10.0 Å². The van der Waals surface area contributed by atoms with Crippen molar-refractivity contribution in [3.8, 4) is 0 Å². The lowest BCUT2D eigenvalue weighted by molar-refractivity contribution is 0.482. The molecule has 2 N–H and O–H groups in total. The molecule has 0 spiro atoms. The first-order valence-corrected chi connectivity index (χ1v) is 9.03. The molecule has 0 aromatic carbocycles. The number of nitrogens with zero attached hydrogens (tertiary/aromatic N) is 1. The molecular formula is C15H29N3O2S. The van der Waals surface area contributed by atoms with E-state index >= 15 is 0 Å². The Hall–Kier alpha value is -0.850. The number of hydrogen-bond donors (Lipinski definition) is 2. The second-order valence-electron chi connectivity index (χ2n) is 6.35. The molecule has 1 unspecified atom stereocenters. The van der Waals surface area contributed by atoms with Gasteiger partial charge in [0.25, 0.3) is 0 Å². The second-order valence-corrected chi connectivity index (χ2v) is 8.06. The van der Waals surface area contributed by atoms with Crippen molar-refractivity contribution in [3.05, 3.63) is 18.0 Å². The molecule has 6 heteroatoms. The van der Waals surface area contributed by atoms with E-state index in [2.05, 4.69) is 23.9 Å². The number of aromatic nitrogens is 1. The molecule has 0 radical (unpaired) electrons. The molecular weight excluding hydrogens is 286 g/mol. The maximum atomic E-state index is 12.5. The van der Waals surface area contributed by atoms with E-state index in [4.69, 9.17) is 0 Å². The van der Waals surface area contributed by atoms with E-state index in [1.165, 1.54) is 0 Å². The fraction of sp³-hybridized carbons (Fsp3) is 0.733. The predicted octanol–water partition coefficient (Wildman–Crippen LogP) is 2.50. The predicted molar refractivity (Wildman–Crippen MR) is 86.8 cm³/mol. The number of hydrogen-bond acceptors (Lipinski definition) is 3. The summed E-state index contributed by atoms with van der Waals surface area (Å²) in [7, 11) is -1.60. The number of rotatable bonds is 8. The fourth-order valence-electron chi connectivity index (χ4n) is 2.54. The average Bonchev–Trinajstić information content (AvgIpc) is 2.72. The number of nitrogens with one attached hydrogen (secondary N) is 2. The van der Waals surface area contributed by atoms with Crippen molar-refractivity contribution < 1.29 is 8.42 Å². The third-order valence-electron chi connectivity index (χ3n) is 3.31. The van der Waals surface area contributed by atoms with Gasteiger partial charge in [-0.15, -0.1) is 0 Å². The largest absolute Gasteiger partial charge is 0.346 e. The first-order chi connectivity index (χ1) is 9.67. The third kappa shape index (κ3) is 5.13. The van der Waals surface area contributed by atoms with Crippen LogP contribution in [0.1, 0.15) is 52.8 Å². The van der Waals surface area contributed by atoms with Crippen LogP contribution in [0, 0.1) is 5.92 Å². The molecule has 0 saturated carbocycles. The summed E-state index contributed by atoms with van der Waals surface area (Å²) in [5.41, 5.74) is 0.976. The number of sulfonamides is 1. The van der Waals surface area contributed by atoms with Gasteiger partial charge in [-0.2, -0.15) is 0 Å². The van der Waals surface area contributed by atoms with Crippen LogP contribution in [0.4, 0.5) is 0 Å². The van der Waals surface area contributed by atoms with Gasteiger partial charge < -0.3 is 9.88 Å². The minimum absolute atomic E-state index is 0.0647. The standard InChI is InChI=1S/C15H29N3O2S/c1-11(2)7-13(5)17-21(19,20)15-8-14(9-16-6)18(10-15)12(3)4/h8,10-13,16-17H,7,9H2,1-6H3. The van der Waals surface area contributed by atoms with Crippen LogP contribution in [-0.2, 0) is 16.6 Å². The van der Waals surface area contributed by atoms with Gasteiger partial charge in [-0.3, -0.25) is 0 Å². The van der Waals surface area contributed by atoms with Crippen LogP contribution in [0.15, 0.2) is 17.2 Å². The van der Waals surface area contributed by atoms with Gasteiger partial charge in [0.2, 0.25) is 10.0 Å². The summed E-state index contributed by atoms with van der Waals surface area (Å²) >= 11 is 0. The SMILES string of the molecule is CNCc1cc(S(=O)(=O)NC(C)CC(C)C)cn1C(C)C. The van der Waals surface area contributed by atoms with E-state index in [1.54, 1.807) is 12.3 Å². The highest BCUT2D eigenvalue weighted by molar-refractivity contribution is 7.89. The molecule has 0 amide bonds. The molecule has 0 aliphatic rings. The molecule has 0 saturated heterocycles. The molecule has 5 nitrogen and oxygen atoms in total. The molecule has 122 valence electrons. The Morgan fingerprint density at radius 2 is 1.81 bits per heavy atom. The zero-order valence-corrected chi connectivity index (χ0v) is 14.8. The van der Waals surface area contributed by atoms with Crippen LogP contribution in [0.3, 0.4) is 0 Å². The first kappa shape index (κ1) is 18.2. The van der Waals surface area contributed by atoms with Crippen molar-refractivity contribution in [2.75, 3.05) is 7.05 Å². The van der Waals surface area contributed by atoms with Gasteiger partial charge in [-0.05, 0) is 46.2 Å². The Morgan fingerprint density at radius 1 is 1.19 bits per heavy atom. The Kier molecular flexibility index (Phi) is 6.43. The van der Waals surface area contributed by atoms with Crippen molar-refractivity contribution in [1.29, 1.82) is 0 Å². The summed E-state index contributed by atoms with van der Waals surface area (Å²) in [6.07, 6.45) is 2.55. The first-order valence-electron chi connectivity index (χ1n) is 7.55. The molecule has 1 heterocycles. The maximum Gasteiger partial charge on any atom is 0.242 e. The lowest BCUT2D eigenvalue weighted by atomic mass is 10.1. The molecule has 21 heavy (non-hydrogen) atoms. The zero-order chi connectivity index (χ0) is 16.2. The van der Waals surface area contributed by atoms with E-state index in [9.17, 15) is 8.42 Å². The molecule has 1 rings (SSSR count). The van der Waals surface area contributed by atoms with Crippen molar-refractivity contribution in [3.63, 3.8) is 0 Å². The van der Waals surface area contributed by atoms with Crippen LogP contribution in [0.25, 0.3) is 0 Å². The normalized spacial score (nSPS) is 14.1. The van der Waals surface area contributed by atoms with Crippen LogP contribution >= 0.6 is 0 Å². The maximum absolute atomic E-state index is 12.5. The molecule has 0 aliphatic carbocycles. The van der Waals surface area contributed by atoms with Gasteiger partial charge in [0.1, 0.15) is 0 Å². The van der Waals surface area contributed by atoms with Gasteiger partial charge in [0, 0.05) is 30.5 Å². The van der Waals surface area contributed by atoms with Crippen LogP contribution < -0.4 is 10.0 Å². The molecule has 0 fully saturated rings. The monoisotopic (exact) mass is 315 g/mol. The lowest BCUT2D eigenvalue weighted by Gasteiger charge is -2.15. The van der Waals surface area contributed by atoms with Crippen molar-refractivity contribution in [2.45, 2.75) is 64.6 Å². The summed E-state index contributed by atoms with van der Waals surface area (Å²) in [6.45, 7) is 10.8. The van der Waals surface area contributed by atoms with Crippen molar-refractivity contribution in [2.24, 2.45) is 5.92 Å². The minimum Gasteiger partial charge on any atom is -0.346 e. The molecule has 0 aliphatic heterocycles. The van der Waals surface area contributed by atoms with Crippen LogP contribution in [0.2, 0.25) is 0 Å². The smallest absolute Gasteiger partial charge is 0.242 e. The van der Waals surface area contributed by atoms with E-state index in [0.29, 0.717) is 17.4 Å². The Balaban J connectivity index is 3.00. The highest BCUT2D eigenvalue weighted by atomic mass is 32.2. The highest BCUT2D eigenvalue weighted by Crippen LogP contribution is 2.19. The fourth-order valence-corrected chi connectivity index (χ4v) is 3.84. The second kappa shape index (κ2) is 7.42. The van der Waals surface area contributed by atoms with Gasteiger partial charge >= 0.3 is 0 Å². The summed E-state index contributed by atoms with van der Waals surface area (Å²) in [4.78, 5) is 0.344. The average molecular weight is 315 g/mol. The minimum atomic E-state index is -3.46. The van der Waals surface area contributed by atoms with E-state index < -0.39 is 10.0 Å². The Morgan fingerprint density at radius 3 is 2.29 bits per heavy atom. The summed E-state index contributed by atoms with van der Waals surface area (Å²) in [5, 5.41) is 3.07. The summed E-state index contributed by atoms with van der Waals surface area (Å²) < 4.78 is 29.7. The Bertz CT molecular complexity index is 547. The van der Waals surface area contributed by atoms with Crippen LogP contribution in [-0.4, -0.2) is 26.1 Å². The van der Waals surface area contributed by atoms with Crippen LogP contribution in [0.5, 0.6) is 0 Å². The molecule has 1 aromatic rings. The summed E-state index contributed by atoms with van der Waals surface area (Å²) in [6, 6.07) is 1.91.